The lowest BCUT2D eigenvalue weighted by atomic mass is 9.83. The normalized spacial score (nSPS) is 26.6. The highest BCUT2D eigenvalue weighted by molar-refractivity contribution is 5.35. The van der Waals surface area contributed by atoms with Gasteiger partial charge < -0.3 is 9.84 Å². The minimum Gasteiger partial charge on any atom is -0.493 e. The van der Waals surface area contributed by atoms with E-state index in [0.29, 0.717) is 12.5 Å². The first kappa shape index (κ1) is 9.22. The molecule has 2 nitrogen and oxygen atoms in total. The molecule has 0 radical (unpaired) electrons. The third-order valence-corrected chi connectivity index (χ3v) is 3.95. The zero-order valence-electron chi connectivity index (χ0n) is 8.78. The second kappa shape index (κ2) is 3.24. The molecule has 1 unspecified atom stereocenters. The van der Waals surface area contributed by atoms with Gasteiger partial charge in [0.15, 0.2) is 0 Å². The molecule has 0 amide bonds. The molecule has 2 aliphatic rings. The highest BCUT2D eigenvalue weighted by Crippen LogP contribution is 2.54. The van der Waals surface area contributed by atoms with Crippen LogP contribution in [-0.2, 0) is 6.42 Å². The summed E-state index contributed by atoms with van der Waals surface area (Å²) in [6.07, 6.45) is 3.40. The maximum Gasteiger partial charge on any atom is 0.122 e. The monoisotopic (exact) mass is 204 g/mol. The second-order valence-corrected chi connectivity index (χ2v) is 4.84. The Hall–Kier alpha value is -1.02. The van der Waals surface area contributed by atoms with Crippen LogP contribution in [0.25, 0.3) is 0 Å². The predicted octanol–water partition coefficient (Wildman–Crippen LogP) is 2.01. The molecule has 1 aromatic rings. The molecule has 3 rings (SSSR count). The van der Waals surface area contributed by atoms with Gasteiger partial charge in [-0.2, -0.15) is 0 Å². The van der Waals surface area contributed by atoms with Crippen LogP contribution in [0, 0.1) is 11.3 Å². The lowest BCUT2D eigenvalue weighted by Crippen LogP contribution is -2.31. The number of hydrogen-bond acceptors (Lipinski definition) is 2. The van der Waals surface area contributed by atoms with E-state index in [1.54, 1.807) is 0 Å². The molecule has 1 atom stereocenters. The van der Waals surface area contributed by atoms with Crippen molar-refractivity contribution >= 4 is 0 Å². The number of fused-ring (bicyclic) bond motifs is 1. The van der Waals surface area contributed by atoms with Crippen molar-refractivity contribution in [3.8, 4) is 5.75 Å². The van der Waals surface area contributed by atoms with Crippen LogP contribution in [-0.4, -0.2) is 18.3 Å². The van der Waals surface area contributed by atoms with E-state index in [1.165, 1.54) is 18.4 Å². The second-order valence-electron chi connectivity index (χ2n) is 4.84. The average Bonchev–Trinajstić information content (AvgIpc) is 3.09. The van der Waals surface area contributed by atoms with E-state index in [0.717, 1.165) is 18.8 Å². The predicted molar refractivity (Wildman–Crippen MR) is 57.9 cm³/mol. The SMILES string of the molecule is OCC1(C2COc3ccccc3C2)CC1. The van der Waals surface area contributed by atoms with Crippen molar-refractivity contribution in [1.29, 1.82) is 0 Å². The first-order valence-electron chi connectivity index (χ1n) is 5.66. The zero-order chi connectivity index (χ0) is 10.3. The van der Waals surface area contributed by atoms with Gasteiger partial charge in [0.25, 0.3) is 0 Å². The fourth-order valence-electron chi connectivity index (χ4n) is 2.58. The lowest BCUT2D eigenvalue weighted by molar-refractivity contribution is 0.101. The van der Waals surface area contributed by atoms with E-state index in [1.807, 2.05) is 12.1 Å². The third-order valence-electron chi connectivity index (χ3n) is 3.95. The molecule has 0 bridgehead atoms. The summed E-state index contributed by atoms with van der Waals surface area (Å²) in [6.45, 7) is 1.10. The van der Waals surface area contributed by atoms with Crippen molar-refractivity contribution in [2.75, 3.05) is 13.2 Å². The molecule has 1 fully saturated rings. The van der Waals surface area contributed by atoms with E-state index in [4.69, 9.17) is 4.74 Å². The fourth-order valence-corrected chi connectivity index (χ4v) is 2.58. The van der Waals surface area contributed by atoms with E-state index in [9.17, 15) is 5.11 Å². The maximum atomic E-state index is 9.40. The number of benzene rings is 1. The molecule has 15 heavy (non-hydrogen) atoms. The number of para-hydroxylation sites is 1. The molecule has 1 saturated carbocycles. The van der Waals surface area contributed by atoms with Gasteiger partial charge in [0.2, 0.25) is 0 Å². The smallest absolute Gasteiger partial charge is 0.122 e. The lowest BCUT2D eigenvalue weighted by Gasteiger charge is -2.30. The molecule has 80 valence electrons. The minimum absolute atomic E-state index is 0.188. The van der Waals surface area contributed by atoms with Crippen LogP contribution in [0.5, 0.6) is 5.75 Å². The van der Waals surface area contributed by atoms with Crippen LogP contribution >= 0.6 is 0 Å². The molecule has 1 aliphatic carbocycles. The van der Waals surface area contributed by atoms with E-state index in [-0.39, 0.29) is 5.41 Å². The summed E-state index contributed by atoms with van der Waals surface area (Å²) in [4.78, 5) is 0. The summed E-state index contributed by atoms with van der Waals surface area (Å²) >= 11 is 0. The largest absolute Gasteiger partial charge is 0.493 e. The number of aliphatic hydroxyl groups excluding tert-OH is 1. The average molecular weight is 204 g/mol. The summed E-state index contributed by atoms with van der Waals surface area (Å²) < 4.78 is 5.75. The fraction of sp³-hybridized carbons (Fsp3) is 0.538. The maximum absolute atomic E-state index is 9.40. The highest BCUT2D eigenvalue weighted by atomic mass is 16.5. The van der Waals surface area contributed by atoms with Crippen molar-refractivity contribution in [3.05, 3.63) is 29.8 Å². The van der Waals surface area contributed by atoms with E-state index >= 15 is 0 Å². The molecule has 2 heteroatoms. The Morgan fingerprint density at radius 3 is 2.87 bits per heavy atom. The highest BCUT2D eigenvalue weighted by Gasteiger charge is 2.49. The van der Waals surface area contributed by atoms with Gasteiger partial charge in [-0.15, -0.1) is 0 Å². The Morgan fingerprint density at radius 1 is 1.33 bits per heavy atom. The molecule has 0 saturated heterocycles. The van der Waals surface area contributed by atoms with Gasteiger partial charge in [-0.05, 0) is 36.3 Å². The molecular formula is C13H16O2. The Balaban J connectivity index is 1.83. The number of aliphatic hydroxyl groups is 1. The molecule has 1 N–H and O–H groups in total. The minimum atomic E-state index is 0.188. The van der Waals surface area contributed by atoms with Crippen LogP contribution < -0.4 is 4.74 Å². The number of rotatable bonds is 2. The Kier molecular flexibility index (Phi) is 1.99. The van der Waals surface area contributed by atoms with Gasteiger partial charge in [-0.3, -0.25) is 0 Å². The van der Waals surface area contributed by atoms with Gasteiger partial charge in [0, 0.05) is 12.5 Å². The van der Waals surface area contributed by atoms with E-state index in [2.05, 4.69) is 12.1 Å². The molecule has 0 spiro atoms. The Labute approximate surface area is 89.9 Å². The summed E-state index contributed by atoms with van der Waals surface area (Å²) in [5.41, 5.74) is 1.49. The topological polar surface area (TPSA) is 29.5 Å². The quantitative estimate of drug-likeness (QED) is 0.798. The van der Waals surface area contributed by atoms with Crippen LogP contribution in [0.15, 0.2) is 24.3 Å². The van der Waals surface area contributed by atoms with Gasteiger partial charge in [-0.1, -0.05) is 18.2 Å². The van der Waals surface area contributed by atoms with Gasteiger partial charge in [-0.25, -0.2) is 0 Å². The molecule has 0 aromatic heterocycles. The number of hydrogen-bond donors (Lipinski definition) is 1. The first-order chi connectivity index (χ1) is 7.34. The Morgan fingerprint density at radius 2 is 2.13 bits per heavy atom. The number of ether oxygens (including phenoxy) is 1. The van der Waals surface area contributed by atoms with Crippen molar-refractivity contribution in [2.45, 2.75) is 19.3 Å². The van der Waals surface area contributed by atoms with Crippen LogP contribution in [0.4, 0.5) is 0 Å². The van der Waals surface area contributed by atoms with Crippen LogP contribution in [0.3, 0.4) is 0 Å². The standard InChI is InChI=1S/C13H16O2/c14-9-13(5-6-13)11-7-10-3-1-2-4-12(10)15-8-11/h1-4,11,14H,5-9H2. The van der Waals surface area contributed by atoms with Gasteiger partial charge >= 0.3 is 0 Å². The van der Waals surface area contributed by atoms with Crippen molar-refractivity contribution in [3.63, 3.8) is 0 Å². The molecule has 1 aliphatic heterocycles. The summed E-state index contributed by atoms with van der Waals surface area (Å²) in [5.74, 6) is 1.54. The van der Waals surface area contributed by atoms with Crippen LogP contribution in [0.2, 0.25) is 0 Å². The summed E-state index contributed by atoms with van der Waals surface area (Å²) in [6, 6.07) is 8.24. The third kappa shape index (κ3) is 1.44. The molecule has 1 heterocycles. The summed E-state index contributed by atoms with van der Waals surface area (Å²) in [5, 5.41) is 9.40. The molecule has 1 aromatic carbocycles. The first-order valence-corrected chi connectivity index (χ1v) is 5.66. The molecular weight excluding hydrogens is 188 g/mol. The summed E-state index contributed by atoms with van der Waals surface area (Å²) in [7, 11) is 0. The van der Waals surface area contributed by atoms with Crippen LogP contribution in [0.1, 0.15) is 18.4 Å². The van der Waals surface area contributed by atoms with Gasteiger partial charge in [0.1, 0.15) is 5.75 Å². The Bertz CT molecular complexity index is 369. The zero-order valence-corrected chi connectivity index (χ0v) is 8.78. The van der Waals surface area contributed by atoms with Gasteiger partial charge in [0.05, 0.1) is 6.61 Å². The van der Waals surface area contributed by atoms with E-state index < -0.39 is 0 Å². The van der Waals surface area contributed by atoms with Crippen molar-refractivity contribution < 1.29 is 9.84 Å². The van der Waals surface area contributed by atoms with Crippen molar-refractivity contribution in [2.24, 2.45) is 11.3 Å². The van der Waals surface area contributed by atoms with Crippen molar-refractivity contribution in [1.82, 2.24) is 0 Å².